The summed E-state index contributed by atoms with van der Waals surface area (Å²) < 4.78 is 11.6. The number of nitrogens with one attached hydrogen (secondary N) is 1. The zero-order valence-corrected chi connectivity index (χ0v) is 18.6. The van der Waals surface area contributed by atoms with Crippen LogP contribution in [-0.2, 0) is 4.74 Å². The first-order chi connectivity index (χ1) is 15.8. The third-order valence-electron chi connectivity index (χ3n) is 7.30. The molecule has 0 saturated carbocycles. The normalized spacial score (nSPS) is 23.9. The van der Waals surface area contributed by atoms with E-state index in [4.69, 9.17) is 14.5 Å². The van der Waals surface area contributed by atoms with Gasteiger partial charge in [-0.3, -0.25) is 9.80 Å². The average molecular weight is 433 g/mol. The molecule has 1 N–H and O–H groups in total. The number of ether oxygens (including phenoxy) is 2. The van der Waals surface area contributed by atoms with E-state index >= 15 is 0 Å². The van der Waals surface area contributed by atoms with Gasteiger partial charge in [0.25, 0.3) is 0 Å². The second-order valence-corrected chi connectivity index (χ2v) is 9.29. The maximum atomic E-state index is 6.20. The Morgan fingerprint density at radius 2 is 1.97 bits per heavy atom. The van der Waals surface area contributed by atoms with Crippen LogP contribution in [0.1, 0.15) is 48.2 Å². The largest absolute Gasteiger partial charge is 0.494 e. The number of morpholine rings is 1. The van der Waals surface area contributed by atoms with Gasteiger partial charge in [-0.05, 0) is 61.2 Å². The Labute approximate surface area is 189 Å². The first kappa shape index (κ1) is 20.2. The van der Waals surface area contributed by atoms with E-state index in [9.17, 15) is 0 Å². The van der Waals surface area contributed by atoms with Crippen molar-refractivity contribution in [3.05, 3.63) is 59.4 Å². The van der Waals surface area contributed by atoms with Crippen molar-refractivity contribution < 1.29 is 9.47 Å². The van der Waals surface area contributed by atoms with Gasteiger partial charge in [0.1, 0.15) is 11.6 Å². The average Bonchev–Trinajstić information content (AvgIpc) is 3.49. The highest BCUT2D eigenvalue weighted by atomic mass is 16.5. The fourth-order valence-electron chi connectivity index (χ4n) is 5.65. The van der Waals surface area contributed by atoms with Crippen LogP contribution in [0.4, 0.5) is 0 Å². The molecule has 168 valence electrons. The molecule has 0 aliphatic carbocycles. The molecule has 0 radical (unpaired) electrons. The molecule has 2 aromatic carbocycles. The molecule has 4 heterocycles. The van der Waals surface area contributed by atoms with Gasteiger partial charge in [-0.2, -0.15) is 0 Å². The Kier molecular flexibility index (Phi) is 5.59. The van der Waals surface area contributed by atoms with Crippen LogP contribution >= 0.6 is 0 Å². The molecule has 6 heteroatoms. The van der Waals surface area contributed by atoms with Gasteiger partial charge < -0.3 is 14.5 Å². The lowest BCUT2D eigenvalue weighted by Crippen LogP contribution is -2.37. The molecule has 2 fully saturated rings. The number of benzene rings is 2. The van der Waals surface area contributed by atoms with E-state index in [1.165, 1.54) is 30.5 Å². The van der Waals surface area contributed by atoms with Gasteiger partial charge >= 0.3 is 0 Å². The number of aromatic nitrogens is 2. The molecule has 3 aliphatic rings. The van der Waals surface area contributed by atoms with Crippen molar-refractivity contribution in [2.24, 2.45) is 0 Å². The predicted molar refractivity (Wildman–Crippen MR) is 125 cm³/mol. The van der Waals surface area contributed by atoms with Gasteiger partial charge in [-0.1, -0.05) is 18.2 Å². The van der Waals surface area contributed by atoms with Crippen molar-refractivity contribution in [3.8, 4) is 5.75 Å². The smallest absolute Gasteiger partial charge is 0.119 e. The third-order valence-corrected chi connectivity index (χ3v) is 7.30. The Bertz CT molecular complexity index is 1040. The van der Waals surface area contributed by atoms with Crippen molar-refractivity contribution in [2.45, 2.75) is 31.2 Å². The molecule has 0 bridgehead atoms. The van der Waals surface area contributed by atoms with Gasteiger partial charge in [0, 0.05) is 32.2 Å². The molecule has 3 aliphatic heterocycles. The monoisotopic (exact) mass is 432 g/mol. The highest BCUT2D eigenvalue weighted by Gasteiger charge is 2.37. The number of H-pyrrole nitrogens is 1. The van der Waals surface area contributed by atoms with Gasteiger partial charge in [-0.15, -0.1) is 0 Å². The van der Waals surface area contributed by atoms with E-state index in [0.717, 1.165) is 75.0 Å². The molecule has 2 saturated heterocycles. The number of imidazole rings is 1. The van der Waals surface area contributed by atoms with Crippen LogP contribution in [0.3, 0.4) is 0 Å². The van der Waals surface area contributed by atoms with Crippen LogP contribution in [-0.4, -0.2) is 72.3 Å². The summed E-state index contributed by atoms with van der Waals surface area (Å²) in [6.45, 7) is 7.85. The standard InChI is InChI=1S/C26H32N4O2/c1-2-6-24-23(5-1)27-26(28-24)22-18-30-11-3-7-25(30)21-17-19(8-9-20(21)22)32-14-4-10-29-12-15-31-16-13-29/h1-2,5-6,8-9,17,22,25H,3-4,7,10-16,18H2,(H,27,28). The van der Waals surface area contributed by atoms with E-state index < -0.39 is 0 Å². The molecular formula is C26H32N4O2. The lowest BCUT2D eigenvalue weighted by atomic mass is 9.85. The molecule has 6 nitrogen and oxygen atoms in total. The number of aromatic amines is 1. The molecule has 1 aromatic heterocycles. The zero-order chi connectivity index (χ0) is 21.3. The van der Waals surface area contributed by atoms with Crippen molar-refractivity contribution in [1.29, 1.82) is 0 Å². The van der Waals surface area contributed by atoms with E-state index in [-0.39, 0.29) is 5.92 Å². The van der Waals surface area contributed by atoms with Crippen LogP contribution in [0.5, 0.6) is 5.75 Å². The van der Waals surface area contributed by atoms with E-state index in [2.05, 4.69) is 57.2 Å². The summed E-state index contributed by atoms with van der Waals surface area (Å²) in [5, 5.41) is 0. The molecular weight excluding hydrogens is 400 g/mol. The zero-order valence-electron chi connectivity index (χ0n) is 18.6. The number of para-hydroxylation sites is 2. The molecule has 2 atom stereocenters. The van der Waals surface area contributed by atoms with Crippen molar-refractivity contribution in [3.63, 3.8) is 0 Å². The van der Waals surface area contributed by atoms with Crippen LogP contribution in [0.25, 0.3) is 11.0 Å². The van der Waals surface area contributed by atoms with Gasteiger partial charge in [0.15, 0.2) is 0 Å². The quantitative estimate of drug-likeness (QED) is 0.598. The molecule has 2 unspecified atom stereocenters. The molecule has 3 aromatic rings. The summed E-state index contributed by atoms with van der Waals surface area (Å²) in [5.74, 6) is 2.36. The third kappa shape index (κ3) is 3.91. The van der Waals surface area contributed by atoms with Crippen molar-refractivity contribution in [1.82, 2.24) is 19.8 Å². The van der Waals surface area contributed by atoms with Gasteiger partial charge in [0.05, 0.1) is 36.8 Å². The molecule has 6 rings (SSSR count). The summed E-state index contributed by atoms with van der Waals surface area (Å²) in [4.78, 5) is 13.6. The Balaban J connectivity index is 1.20. The number of hydrogen-bond acceptors (Lipinski definition) is 5. The second-order valence-electron chi connectivity index (χ2n) is 9.29. The maximum absolute atomic E-state index is 6.20. The first-order valence-electron chi connectivity index (χ1n) is 12.1. The van der Waals surface area contributed by atoms with Crippen LogP contribution < -0.4 is 4.74 Å². The fraction of sp³-hybridized carbons (Fsp3) is 0.500. The topological polar surface area (TPSA) is 53.6 Å². The predicted octanol–water partition coefficient (Wildman–Crippen LogP) is 3.95. The lowest BCUT2D eigenvalue weighted by molar-refractivity contribution is 0.0358. The lowest BCUT2D eigenvalue weighted by Gasteiger charge is -2.36. The summed E-state index contributed by atoms with van der Waals surface area (Å²) in [5.41, 5.74) is 5.01. The molecule has 0 spiro atoms. The van der Waals surface area contributed by atoms with Gasteiger partial charge in [-0.25, -0.2) is 4.98 Å². The fourth-order valence-corrected chi connectivity index (χ4v) is 5.65. The Morgan fingerprint density at radius 3 is 2.88 bits per heavy atom. The number of hydrogen-bond donors (Lipinski definition) is 1. The minimum Gasteiger partial charge on any atom is -0.494 e. The summed E-state index contributed by atoms with van der Waals surface area (Å²) in [7, 11) is 0. The van der Waals surface area contributed by atoms with Crippen LogP contribution in [0, 0.1) is 0 Å². The second kappa shape index (κ2) is 8.85. The number of nitrogens with zero attached hydrogens (tertiary/aromatic N) is 3. The van der Waals surface area contributed by atoms with Crippen LogP contribution in [0.15, 0.2) is 42.5 Å². The Hall–Kier alpha value is -2.41. The van der Waals surface area contributed by atoms with Crippen molar-refractivity contribution in [2.75, 3.05) is 52.5 Å². The van der Waals surface area contributed by atoms with Crippen molar-refractivity contribution >= 4 is 11.0 Å². The summed E-state index contributed by atoms with van der Waals surface area (Å²) >= 11 is 0. The minimum absolute atomic E-state index is 0.280. The Morgan fingerprint density at radius 1 is 1.06 bits per heavy atom. The van der Waals surface area contributed by atoms with E-state index in [0.29, 0.717) is 6.04 Å². The number of rotatable bonds is 6. The van der Waals surface area contributed by atoms with Gasteiger partial charge in [0.2, 0.25) is 0 Å². The molecule has 32 heavy (non-hydrogen) atoms. The van der Waals surface area contributed by atoms with E-state index in [1.807, 2.05) is 0 Å². The summed E-state index contributed by atoms with van der Waals surface area (Å²) in [6, 6.07) is 15.6. The minimum atomic E-state index is 0.280. The van der Waals surface area contributed by atoms with E-state index in [1.54, 1.807) is 0 Å². The SMILES string of the molecule is c1ccc2[nH]c(C3CN4CCCC4c4cc(OCCCN5CCOCC5)ccc43)nc2c1. The first-order valence-corrected chi connectivity index (χ1v) is 12.1. The highest BCUT2D eigenvalue weighted by molar-refractivity contribution is 5.75. The summed E-state index contributed by atoms with van der Waals surface area (Å²) in [6.07, 6.45) is 3.55. The number of fused-ring (bicyclic) bond motifs is 4. The highest BCUT2D eigenvalue weighted by Crippen LogP contribution is 2.45. The maximum Gasteiger partial charge on any atom is 0.119 e. The molecule has 0 amide bonds. The van der Waals surface area contributed by atoms with Crippen LogP contribution in [0.2, 0.25) is 0 Å².